The second kappa shape index (κ2) is 7.62. The van der Waals surface area contributed by atoms with Crippen LogP contribution >= 0.6 is 0 Å². The largest absolute Gasteiger partial charge is 0.379 e. The topological polar surface area (TPSA) is 53.1 Å². The zero-order valence-corrected chi connectivity index (χ0v) is 15.2. The van der Waals surface area contributed by atoms with Crippen molar-refractivity contribution < 1.29 is 14.3 Å². The highest BCUT2D eigenvalue weighted by atomic mass is 16.5. The molecule has 1 atom stereocenters. The molecule has 3 aliphatic heterocycles. The van der Waals surface area contributed by atoms with Crippen LogP contribution in [0.1, 0.15) is 38.5 Å². The third-order valence-electron chi connectivity index (χ3n) is 6.33. The number of nitrogens with zero attached hydrogens (tertiary/aromatic N) is 3. The molecule has 0 radical (unpaired) electrons. The lowest BCUT2D eigenvalue weighted by molar-refractivity contribution is -0.144. The first-order chi connectivity index (χ1) is 12.2. The molecule has 0 aromatic heterocycles. The van der Waals surface area contributed by atoms with Crippen molar-refractivity contribution in [1.29, 1.82) is 0 Å². The van der Waals surface area contributed by atoms with Gasteiger partial charge in [0.15, 0.2) is 0 Å². The molecule has 0 bridgehead atoms. The molecule has 3 saturated heterocycles. The van der Waals surface area contributed by atoms with E-state index in [9.17, 15) is 9.59 Å². The maximum absolute atomic E-state index is 12.9. The van der Waals surface area contributed by atoms with E-state index >= 15 is 0 Å². The van der Waals surface area contributed by atoms with E-state index in [4.69, 9.17) is 4.74 Å². The van der Waals surface area contributed by atoms with Gasteiger partial charge in [0.1, 0.15) is 0 Å². The minimum Gasteiger partial charge on any atom is -0.379 e. The van der Waals surface area contributed by atoms with Gasteiger partial charge in [-0.1, -0.05) is 0 Å². The quantitative estimate of drug-likeness (QED) is 0.759. The predicted octanol–water partition coefficient (Wildman–Crippen LogP) is 0.958. The number of carbonyl (C=O) groups excluding carboxylic acids is 2. The van der Waals surface area contributed by atoms with Crippen LogP contribution in [0, 0.1) is 11.8 Å². The maximum Gasteiger partial charge on any atom is 0.227 e. The average Bonchev–Trinajstić information content (AvgIpc) is 3.48. The molecule has 0 spiro atoms. The highest BCUT2D eigenvalue weighted by molar-refractivity contribution is 5.84. The van der Waals surface area contributed by atoms with Crippen molar-refractivity contribution >= 4 is 11.8 Å². The molecule has 140 valence electrons. The van der Waals surface area contributed by atoms with E-state index in [-0.39, 0.29) is 11.8 Å². The van der Waals surface area contributed by atoms with Crippen molar-refractivity contribution in [1.82, 2.24) is 14.7 Å². The smallest absolute Gasteiger partial charge is 0.227 e. The molecule has 0 N–H and O–H groups in total. The lowest BCUT2D eigenvalue weighted by Crippen LogP contribution is -2.50. The zero-order chi connectivity index (χ0) is 17.2. The highest BCUT2D eigenvalue weighted by Crippen LogP contribution is 2.32. The van der Waals surface area contributed by atoms with Gasteiger partial charge in [-0.05, 0) is 38.0 Å². The SMILES string of the molecule is O=C([C@H]1CCC(=O)N(C2CC2)C1)N1CCC(CN2CCOCC2)CC1. The van der Waals surface area contributed by atoms with Crippen molar-refractivity contribution in [2.75, 3.05) is 52.5 Å². The normalized spacial score (nSPS) is 29.9. The van der Waals surface area contributed by atoms with Gasteiger partial charge < -0.3 is 14.5 Å². The van der Waals surface area contributed by atoms with E-state index < -0.39 is 0 Å². The van der Waals surface area contributed by atoms with Gasteiger partial charge in [0.2, 0.25) is 11.8 Å². The molecule has 2 amide bonds. The van der Waals surface area contributed by atoms with Crippen molar-refractivity contribution in [3.8, 4) is 0 Å². The Balaban J connectivity index is 1.24. The van der Waals surface area contributed by atoms with Crippen LogP contribution < -0.4 is 0 Å². The van der Waals surface area contributed by atoms with Gasteiger partial charge in [0, 0.05) is 51.7 Å². The molecule has 0 unspecified atom stereocenters. The first-order valence-electron chi connectivity index (χ1n) is 10.1. The number of hydrogen-bond donors (Lipinski definition) is 0. The van der Waals surface area contributed by atoms with Crippen LogP contribution in [-0.2, 0) is 14.3 Å². The van der Waals surface area contributed by atoms with Crippen molar-refractivity contribution in [3.63, 3.8) is 0 Å². The Labute approximate surface area is 150 Å². The van der Waals surface area contributed by atoms with Crippen LogP contribution in [0.4, 0.5) is 0 Å². The van der Waals surface area contributed by atoms with Gasteiger partial charge in [-0.25, -0.2) is 0 Å². The molecule has 0 aromatic carbocycles. The molecule has 25 heavy (non-hydrogen) atoms. The number of amides is 2. The van der Waals surface area contributed by atoms with E-state index in [0.717, 1.165) is 78.0 Å². The third kappa shape index (κ3) is 4.17. The molecule has 6 heteroatoms. The molecule has 6 nitrogen and oxygen atoms in total. The van der Waals surface area contributed by atoms with Crippen LogP contribution in [-0.4, -0.2) is 85.0 Å². The molecule has 1 aliphatic carbocycles. The van der Waals surface area contributed by atoms with Crippen LogP contribution in [0.5, 0.6) is 0 Å². The van der Waals surface area contributed by atoms with Crippen LogP contribution in [0.25, 0.3) is 0 Å². The van der Waals surface area contributed by atoms with Gasteiger partial charge in [-0.3, -0.25) is 14.5 Å². The van der Waals surface area contributed by atoms with Crippen molar-refractivity contribution in [2.45, 2.75) is 44.6 Å². The van der Waals surface area contributed by atoms with Crippen LogP contribution in [0.2, 0.25) is 0 Å². The van der Waals surface area contributed by atoms with Gasteiger partial charge in [0.25, 0.3) is 0 Å². The standard InChI is InChI=1S/C19H31N3O3/c23-18-4-1-16(14-22(18)17-2-3-17)19(24)21-7-5-15(6-8-21)13-20-9-11-25-12-10-20/h15-17H,1-14H2/t16-/m0/s1. The number of hydrogen-bond acceptors (Lipinski definition) is 4. The lowest BCUT2D eigenvalue weighted by Gasteiger charge is -2.39. The van der Waals surface area contributed by atoms with Crippen LogP contribution in [0.15, 0.2) is 0 Å². The molecule has 3 heterocycles. The summed E-state index contributed by atoms with van der Waals surface area (Å²) in [6.07, 6.45) is 5.77. The highest BCUT2D eigenvalue weighted by Gasteiger charge is 2.40. The van der Waals surface area contributed by atoms with Crippen molar-refractivity contribution in [2.24, 2.45) is 11.8 Å². The summed E-state index contributed by atoms with van der Waals surface area (Å²) >= 11 is 0. The van der Waals surface area contributed by atoms with Gasteiger partial charge in [-0.15, -0.1) is 0 Å². The summed E-state index contributed by atoms with van der Waals surface area (Å²) in [5.41, 5.74) is 0. The molecule has 0 aromatic rings. The fraction of sp³-hybridized carbons (Fsp3) is 0.895. The second-order valence-corrected chi connectivity index (χ2v) is 8.19. The summed E-state index contributed by atoms with van der Waals surface area (Å²) in [5.74, 6) is 1.30. The minimum absolute atomic E-state index is 0.0362. The summed E-state index contributed by atoms with van der Waals surface area (Å²) in [4.78, 5) is 31.5. The first kappa shape index (κ1) is 17.3. The molecular weight excluding hydrogens is 318 g/mol. The summed E-state index contributed by atoms with van der Waals surface area (Å²) in [6, 6.07) is 0.433. The van der Waals surface area contributed by atoms with E-state index in [0.29, 0.717) is 30.8 Å². The zero-order valence-electron chi connectivity index (χ0n) is 15.2. The third-order valence-corrected chi connectivity index (χ3v) is 6.33. The summed E-state index contributed by atoms with van der Waals surface area (Å²) in [6.45, 7) is 7.40. The number of likely N-dealkylation sites (tertiary alicyclic amines) is 2. The minimum atomic E-state index is 0.0362. The summed E-state index contributed by atoms with van der Waals surface area (Å²) in [7, 11) is 0. The Kier molecular flexibility index (Phi) is 5.27. The monoisotopic (exact) mass is 349 g/mol. The Morgan fingerprint density at radius 2 is 1.72 bits per heavy atom. The Morgan fingerprint density at radius 3 is 2.40 bits per heavy atom. The number of morpholine rings is 1. The predicted molar refractivity (Wildman–Crippen MR) is 94.0 cm³/mol. The fourth-order valence-electron chi connectivity index (χ4n) is 4.56. The number of rotatable bonds is 4. The van der Waals surface area contributed by atoms with Gasteiger partial charge in [0.05, 0.1) is 19.1 Å². The van der Waals surface area contributed by atoms with Gasteiger partial charge in [-0.2, -0.15) is 0 Å². The van der Waals surface area contributed by atoms with Crippen molar-refractivity contribution in [3.05, 3.63) is 0 Å². The summed E-state index contributed by atoms with van der Waals surface area (Å²) in [5, 5.41) is 0. The van der Waals surface area contributed by atoms with E-state index in [1.165, 1.54) is 0 Å². The molecular formula is C19H31N3O3. The first-order valence-corrected chi connectivity index (χ1v) is 10.1. The molecule has 4 rings (SSSR count). The van der Waals surface area contributed by atoms with E-state index in [2.05, 4.69) is 9.80 Å². The fourth-order valence-corrected chi connectivity index (χ4v) is 4.56. The van der Waals surface area contributed by atoms with E-state index in [1.807, 2.05) is 4.90 Å². The van der Waals surface area contributed by atoms with Gasteiger partial charge >= 0.3 is 0 Å². The Hall–Kier alpha value is -1.14. The lowest BCUT2D eigenvalue weighted by atomic mass is 9.92. The molecule has 4 fully saturated rings. The number of carbonyl (C=O) groups is 2. The second-order valence-electron chi connectivity index (χ2n) is 8.19. The number of piperidine rings is 2. The Bertz CT molecular complexity index is 494. The number of ether oxygens (including phenoxy) is 1. The molecule has 4 aliphatic rings. The van der Waals surface area contributed by atoms with Crippen LogP contribution in [0.3, 0.4) is 0 Å². The van der Waals surface area contributed by atoms with E-state index in [1.54, 1.807) is 0 Å². The molecule has 1 saturated carbocycles. The Morgan fingerprint density at radius 1 is 1.00 bits per heavy atom. The maximum atomic E-state index is 12.9. The average molecular weight is 349 g/mol. The summed E-state index contributed by atoms with van der Waals surface area (Å²) < 4.78 is 5.42.